The number of aliphatic hydroxyl groups excluding tert-OH is 1. The SMILES string of the molecule is Brc1ccc(CN2CCCC2)nc1.C.C.C.COc1ccc2c(c1)C(=O)N(C[C@@]1(C#Cc3ccc(CN4CCCC4)nc3)NC(=O)NC1=O)C2.Cc1ccc(Br)cn1.ClCc1ccc(Br)cn1.OCc1ccc(Br)cn1. The molecule has 9 heterocycles. The van der Waals surface area contributed by atoms with Crippen molar-refractivity contribution in [3.8, 4) is 17.6 Å². The number of nitrogens with zero attached hydrogens (tertiary/aromatic N) is 8. The fraction of sp³-hybridized carbons (Fsp3) is 0.357. The normalized spacial score (nSPS) is 16.0. The number of aryl methyl sites for hydroxylation is 1. The zero-order valence-electron chi connectivity index (χ0n) is 40.3. The third-order valence-corrected chi connectivity index (χ3v) is 13.7. The highest BCUT2D eigenvalue weighted by Gasteiger charge is 2.48. The van der Waals surface area contributed by atoms with Crippen LogP contribution in [-0.4, -0.2) is 108 Å². The number of carbonyl (C=O) groups excluding carboxylic acids is 3. The van der Waals surface area contributed by atoms with Crippen molar-refractivity contribution in [2.45, 2.75) is 92.5 Å². The molecule has 4 aliphatic rings. The maximum Gasteiger partial charge on any atom is 0.323 e. The van der Waals surface area contributed by atoms with Crippen LogP contribution in [0.15, 0.2) is 128 Å². The molecule has 406 valence electrons. The number of pyridine rings is 5. The number of aromatic nitrogens is 5. The van der Waals surface area contributed by atoms with Crippen LogP contribution in [0.25, 0.3) is 0 Å². The van der Waals surface area contributed by atoms with Crippen molar-refractivity contribution in [3.05, 3.63) is 173 Å². The predicted molar refractivity (Wildman–Crippen MR) is 315 cm³/mol. The summed E-state index contributed by atoms with van der Waals surface area (Å²) < 4.78 is 9.21. The molecule has 0 aliphatic carbocycles. The Morgan fingerprint density at radius 2 is 1.17 bits per heavy atom. The summed E-state index contributed by atoms with van der Waals surface area (Å²) in [6.45, 7) is 8.67. The van der Waals surface area contributed by atoms with E-state index >= 15 is 0 Å². The van der Waals surface area contributed by atoms with Gasteiger partial charge in [-0.2, -0.15) is 0 Å². The van der Waals surface area contributed by atoms with Crippen LogP contribution in [0, 0.1) is 18.8 Å². The van der Waals surface area contributed by atoms with Crippen LogP contribution in [0.3, 0.4) is 0 Å². The molecule has 15 nitrogen and oxygen atoms in total. The summed E-state index contributed by atoms with van der Waals surface area (Å²) in [4.78, 5) is 64.9. The molecule has 10 rings (SSSR count). The molecule has 3 fully saturated rings. The van der Waals surface area contributed by atoms with Crippen molar-refractivity contribution in [2.24, 2.45) is 0 Å². The van der Waals surface area contributed by atoms with E-state index in [9.17, 15) is 14.4 Å². The van der Waals surface area contributed by atoms with Crippen LogP contribution in [-0.2, 0) is 36.9 Å². The number of urea groups is 1. The lowest BCUT2D eigenvalue weighted by Crippen LogP contribution is -2.54. The number of hydrogen-bond donors (Lipinski definition) is 3. The number of nitrogens with one attached hydrogen (secondary N) is 2. The van der Waals surface area contributed by atoms with E-state index in [1.807, 2.05) is 61.7 Å². The number of halogens is 5. The first-order valence-electron chi connectivity index (χ1n) is 23.3. The average molecular weight is 1320 g/mol. The van der Waals surface area contributed by atoms with E-state index in [1.165, 1.54) is 56.5 Å². The van der Waals surface area contributed by atoms with Crippen molar-refractivity contribution in [1.82, 2.24) is 50.3 Å². The van der Waals surface area contributed by atoms with E-state index in [0.29, 0.717) is 35.0 Å². The van der Waals surface area contributed by atoms with Gasteiger partial charge in [0, 0.05) is 85.3 Å². The molecule has 0 saturated carbocycles. The number of likely N-dealkylation sites (tertiary alicyclic amines) is 2. The number of carbonyl (C=O) groups is 3. The molecule has 5 aromatic heterocycles. The third-order valence-electron chi connectivity index (χ3n) is 11.5. The summed E-state index contributed by atoms with van der Waals surface area (Å²) in [6, 6.07) is 23.9. The zero-order chi connectivity index (χ0) is 52.2. The lowest BCUT2D eigenvalue weighted by molar-refractivity contribution is -0.122. The molecule has 3 saturated heterocycles. The number of rotatable bonds is 9. The second-order valence-corrected chi connectivity index (χ2v) is 21.0. The summed E-state index contributed by atoms with van der Waals surface area (Å²) in [6.07, 6.45) is 13.8. The fourth-order valence-electron chi connectivity index (χ4n) is 7.66. The largest absolute Gasteiger partial charge is 0.497 e. The first-order chi connectivity index (χ1) is 35.2. The van der Waals surface area contributed by atoms with Gasteiger partial charge in [-0.15, -0.1) is 11.6 Å². The molecular formula is C56H67Br4ClN10O5. The van der Waals surface area contributed by atoms with Crippen LogP contribution >= 0.6 is 75.3 Å². The molecule has 20 heteroatoms. The molecule has 76 heavy (non-hydrogen) atoms. The first kappa shape index (κ1) is 65.1. The minimum atomic E-state index is -1.55. The minimum absolute atomic E-state index is 0. The van der Waals surface area contributed by atoms with E-state index in [2.05, 4.69) is 133 Å². The lowest BCUT2D eigenvalue weighted by atomic mass is 9.99. The van der Waals surface area contributed by atoms with Crippen LogP contribution in [0.4, 0.5) is 4.79 Å². The van der Waals surface area contributed by atoms with Gasteiger partial charge in [0.1, 0.15) is 5.75 Å². The number of ether oxygens (including phenoxy) is 1. The third kappa shape index (κ3) is 20.7. The second kappa shape index (κ2) is 33.2. The standard InChI is InChI=1S/C25H25N5O4.C10H13BrN2.C6H5BrClN.C6H6BrNO.C6H6BrN.3CH4/c1-34-20-7-5-18-14-30(22(31)21(18)12-20)16-25(23(32)27-24(33)28-25)9-8-17-4-6-19(26-13-17)15-29-10-2-3-11-29;11-9-3-4-10(12-7-9)8-13-5-1-2-6-13;7-5-1-2-6(3-8)9-4-5;7-5-1-2-6(4-9)8-3-5;1-5-2-3-6(7)4-8-5;;;/h4-7,12-13H,2-3,10-11,14-16H2,1H3,(H2,27,28,32,33);3-4,7H,1-2,5-6,8H2;1-2,4H,3H2;1-3,9H,4H2;2-4H,1H3;3*1H4/t25-;;;;;;;/m1......./s1. The molecular weight excluding hydrogens is 1250 g/mol. The molecule has 1 atom stereocenters. The monoisotopic (exact) mass is 1310 g/mol. The smallest absolute Gasteiger partial charge is 0.323 e. The van der Waals surface area contributed by atoms with Gasteiger partial charge in [-0.3, -0.25) is 49.6 Å². The van der Waals surface area contributed by atoms with Crippen LogP contribution in [0.1, 0.15) is 97.9 Å². The summed E-state index contributed by atoms with van der Waals surface area (Å²) in [5.74, 6) is 6.13. The molecule has 4 aliphatic heterocycles. The lowest BCUT2D eigenvalue weighted by Gasteiger charge is -2.26. The first-order valence-corrected chi connectivity index (χ1v) is 27.0. The number of hydrogen-bond acceptors (Lipinski definition) is 12. The molecule has 4 amide bonds. The van der Waals surface area contributed by atoms with Gasteiger partial charge >= 0.3 is 6.03 Å². The minimum Gasteiger partial charge on any atom is -0.497 e. The van der Waals surface area contributed by atoms with Crippen molar-refractivity contribution >= 4 is 93.2 Å². The van der Waals surface area contributed by atoms with Crippen molar-refractivity contribution < 1.29 is 24.2 Å². The Morgan fingerprint density at radius 1 is 0.671 bits per heavy atom. The average Bonchev–Trinajstić information content (AvgIpc) is 4.23. The van der Waals surface area contributed by atoms with E-state index in [-0.39, 0.29) is 41.3 Å². The maximum absolute atomic E-state index is 13.0. The summed E-state index contributed by atoms with van der Waals surface area (Å²) in [5, 5.41) is 13.4. The Kier molecular flexibility index (Phi) is 28.4. The molecule has 0 radical (unpaired) electrons. The van der Waals surface area contributed by atoms with Crippen LogP contribution in [0.2, 0.25) is 0 Å². The molecule has 0 unspecified atom stereocenters. The Hall–Kier alpha value is -5.17. The number of aliphatic hydroxyl groups is 1. The van der Waals surface area contributed by atoms with E-state index in [4.69, 9.17) is 21.4 Å². The summed E-state index contributed by atoms with van der Waals surface area (Å²) in [7, 11) is 1.54. The summed E-state index contributed by atoms with van der Waals surface area (Å²) in [5.41, 5.74) is 5.20. The van der Waals surface area contributed by atoms with Crippen molar-refractivity contribution in [2.75, 3.05) is 39.8 Å². The van der Waals surface area contributed by atoms with Crippen LogP contribution < -0.4 is 15.4 Å². The fourth-order valence-corrected chi connectivity index (χ4v) is 8.75. The van der Waals surface area contributed by atoms with Gasteiger partial charge in [0.2, 0.25) is 5.54 Å². The maximum atomic E-state index is 13.0. The molecule has 0 spiro atoms. The van der Waals surface area contributed by atoms with Crippen molar-refractivity contribution in [1.29, 1.82) is 0 Å². The molecule has 6 aromatic rings. The van der Waals surface area contributed by atoms with Gasteiger partial charge in [-0.05, 0) is 201 Å². The Bertz CT molecular complexity index is 2730. The van der Waals surface area contributed by atoms with Crippen LogP contribution in [0.5, 0.6) is 5.75 Å². The number of alkyl halides is 1. The van der Waals surface area contributed by atoms with Gasteiger partial charge in [0.15, 0.2) is 0 Å². The van der Waals surface area contributed by atoms with E-state index in [0.717, 1.165) is 66.7 Å². The van der Waals surface area contributed by atoms with Gasteiger partial charge in [0.05, 0.1) is 48.9 Å². The number of fused-ring (bicyclic) bond motifs is 1. The number of amides is 4. The van der Waals surface area contributed by atoms with E-state index in [1.54, 1.807) is 43.0 Å². The quantitative estimate of drug-likeness (QED) is 0.0710. The Morgan fingerprint density at radius 3 is 1.59 bits per heavy atom. The highest BCUT2D eigenvalue weighted by atomic mass is 79.9. The zero-order valence-corrected chi connectivity index (χ0v) is 47.4. The Balaban J connectivity index is 0.000000295. The second-order valence-electron chi connectivity index (χ2n) is 17.1. The van der Waals surface area contributed by atoms with E-state index < -0.39 is 17.5 Å². The molecule has 3 N–H and O–H groups in total. The summed E-state index contributed by atoms with van der Waals surface area (Å²) >= 11 is 18.7. The topological polar surface area (TPSA) is 179 Å². The highest BCUT2D eigenvalue weighted by molar-refractivity contribution is 9.11. The molecule has 1 aromatic carbocycles. The molecule has 0 bridgehead atoms. The number of benzene rings is 1. The number of imide groups is 1. The van der Waals surface area contributed by atoms with Gasteiger partial charge < -0.3 is 20.1 Å². The van der Waals surface area contributed by atoms with Gasteiger partial charge in [-0.1, -0.05) is 40.2 Å². The highest BCUT2D eigenvalue weighted by Crippen LogP contribution is 2.29. The van der Waals surface area contributed by atoms with Gasteiger partial charge in [-0.25, -0.2) is 4.79 Å². The number of methoxy groups -OCH3 is 1. The Labute approximate surface area is 487 Å². The predicted octanol–water partition coefficient (Wildman–Crippen LogP) is 11.7. The van der Waals surface area contributed by atoms with Gasteiger partial charge in [0.25, 0.3) is 11.8 Å². The van der Waals surface area contributed by atoms with Crippen molar-refractivity contribution in [3.63, 3.8) is 0 Å².